The van der Waals surface area contributed by atoms with E-state index in [-0.39, 0.29) is 34.5 Å². The maximum absolute atomic E-state index is 11.3. The molecule has 0 aromatic heterocycles. The van der Waals surface area contributed by atoms with Crippen molar-refractivity contribution in [2.24, 2.45) is 0 Å². The molecular formula is C21H44O6Si2. The first-order valence-electron chi connectivity index (χ1n) is 10.5. The van der Waals surface area contributed by atoms with Gasteiger partial charge in [0.05, 0.1) is 6.61 Å². The molecule has 1 fully saturated rings. The van der Waals surface area contributed by atoms with Crippen LogP contribution in [0.1, 0.15) is 61.3 Å². The van der Waals surface area contributed by atoms with Gasteiger partial charge in [0.2, 0.25) is 0 Å². The van der Waals surface area contributed by atoms with Crippen LogP contribution in [0.15, 0.2) is 0 Å². The van der Waals surface area contributed by atoms with E-state index in [1.165, 1.54) is 6.92 Å². The zero-order valence-electron chi connectivity index (χ0n) is 20.5. The summed E-state index contributed by atoms with van der Waals surface area (Å²) < 4.78 is 16.8. The SMILES string of the molecule is CC(=O)[C@H](CCO)O[Si](C)(C)C(C)(C)C.CC(C)(C)[Si](C)(C)O[C@H]1CCOC1=O. The van der Waals surface area contributed by atoms with Crippen LogP contribution in [0.5, 0.6) is 0 Å². The normalized spacial score (nSPS) is 19.3. The molecule has 0 aromatic carbocycles. The number of carbonyl (C=O) groups excluding carboxylic acids is 2. The average molecular weight is 449 g/mol. The Kier molecular flexibility index (Phi) is 10.5. The average Bonchev–Trinajstić information content (AvgIpc) is 2.89. The highest BCUT2D eigenvalue weighted by molar-refractivity contribution is 6.74. The first-order chi connectivity index (χ1) is 12.9. The van der Waals surface area contributed by atoms with E-state index >= 15 is 0 Å². The van der Waals surface area contributed by atoms with E-state index in [2.05, 4.69) is 67.7 Å². The molecule has 1 N–H and O–H groups in total. The number of hydrogen-bond acceptors (Lipinski definition) is 6. The van der Waals surface area contributed by atoms with E-state index in [1.54, 1.807) is 0 Å². The van der Waals surface area contributed by atoms with Gasteiger partial charge in [0.1, 0.15) is 12.2 Å². The Morgan fingerprint density at radius 1 is 1.10 bits per heavy atom. The molecular weight excluding hydrogens is 404 g/mol. The first-order valence-corrected chi connectivity index (χ1v) is 16.3. The van der Waals surface area contributed by atoms with Crippen LogP contribution in [-0.4, -0.2) is 58.9 Å². The molecule has 0 amide bonds. The standard InChI is InChI=1S/C11H24O3Si.C10H20O3Si/c1-9(13)10(7-8-12)14-15(5,6)11(2,3)4;1-10(2,3)14(4,5)13-8-6-7-12-9(8)11/h10,12H,7-8H2,1-6H3;8H,6-7H2,1-5H3/t10-;8-/m00/s1. The maximum atomic E-state index is 11.3. The summed E-state index contributed by atoms with van der Waals surface area (Å²) in [4.78, 5) is 22.6. The Labute approximate surface area is 180 Å². The van der Waals surface area contributed by atoms with Crippen molar-refractivity contribution in [2.75, 3.05) is 13.2 Å². The molecule has 1 aliphatic rings. The summed E-state index contributed by atoms with van der Waals surface area (Å²) in [6, 6.07) is 0. The number of aliphatic hydroxyl groups excluding tert-OH is 1. The van der Waals surface area contributed by atoms with Crippen LogP contribution in [0.25, 0.3) is 0 Å². The Morgan fingerprint density at radius 2 is 1.59 bits per heavy atom. The van der Waals surface area contributed by atoms with E-state index in [0.29, 0.717) is 19.4 Å². The van der Waals surface area contributed by atoms with Crippen molar-refractivity contribution < 1.29 is 28.3 Å². The number of cyclic esters (lactones) is 1. The third kappa shape index (κ3) is 9.00. The summed E-state index contributed by atoms with van der Waals surface area (Å²) in [5.74, 6) is -0.177. The molecule has 1 aliphatic heterocycles. The van der Waals surface area contributed by atoms with Crippen LogP contribution < -0.4 is 0 Å². The van der Waals surface area contributed by atoms with Crippen LogP contribution in [0.4, 0.5) is 0 Å². The zero-order chi connectivity index (χ0) is 23.3. The minimum absolute atomic E-state index is 0.00112. The Hall–Kier alpha value is -0.546. The molecule has 0 bridgehead atoms. The van der Waals surface area contributed by atoms with E-state index in [1.807, 2.05) is 0 Å². The number of esters is 1. The number of Topliss-reactive ketones (excluding diaryl/α,β-unsaturated/α-hetero) is 1. The molecule has 0 saturated carbocycles. The van der Waals surface area contributed by atoms with Gasteiger partial charge in [-0.2, -0.15) is 0 Å². The lowest BCUT2D eigenvalue weighted by Gasteiger charge is -2.38. The Bertz CT molecular complexity index is 546. The highest BCUT2D eigenvalue weighted by Crippen LogP contribution is 2.38. The highest BCUT2D eigenvalue weighted by Gasteiger charge is 2.42. The zero-order valence-corrected chi connectivity index (χ0v) is 22.5. The van der Waals surface area contributed by atoms with Crippen LogP contribution in [0, 0.1) is 0 Å². The fourth-order valence-electron chi connectivity index (χ4n) is 2.11. The first kappa shape index (κ1) is 28.5. The van der Waals surface area contributed by atoms with E-state index in [4.69, 9.17) is 18.7 Å². The van der Waals surface area contributed by atoms with Crippen molar-refractivity contribution >= 4 is 28.4 Å². The molecule has 1 saturated heterocycles. The molecule has 0 aliphatic carbocycles. The van der Waals surface area contributed by atoms with Crippen LogP contribution >= 0.6 is 0 Å². The predicted molar refractivity (Wildman–Crippen MR) is 122 cm³/mol. The smallest absolute Gasteiger partial charge is 0.334 e. The largest absolute Gasteiger partial charge is 0.464 e. The number of ether oxygens (including phenoxy) is 1. The van der Waals surface area contributed by atoms with Crippen LogP contribution in [0.3, 0.4) is 0 Å². The summed E-state index contributed by atoms with van der Waals surface area (Å²) in [6.45, 7) is 23.5. The molecule has 0 spiro atoms. The second-order valence-electron chi connectivity index (χ2n) is 10.8. The third-order valence-corrected chi connectivity index (χ3v) is 15.2. The van der Waals surface area contributed by atoms with E-state index < -0.39 is 22.7 Å². The summed E-state index contributed by atoms with van der Waals surface area (Å²) in [5, 5.41) is 9.11. The van der Waals surface area contributed by atoms with Gasteiger partial charge in [0.15, 0.2) is 22.4 Å². The van der Waals surface area contributed by atoms with Crippen LogP contribution in [-0.2, 0) is 23.2 Å². The van der Waals surface area contributed by atoms with Crippen molar-refractivity contribution in [1.82, 2.24) is 0 Å². The Morgan fingerprint density at radius 3 is 1.90 bits per heavy atom. The number of rotatable bonds is 7. The van der Waals surface area contributed by atoms with Gasteiger partial charge in [-0.25, -0.2) is 4.79 Å². The molecule has 1 rings (SSSR count). The fraction of sp³-hybridized carbons (Fsp3) is 0.905. The lowest BCUT2D eigenvalue weighted by molar-refractivity contribution is -0.143. The topological polar surface area (TPSA) is 82.1 Å². The predicted octanol–water partition coefficient (Wildman–Crippen LogP) is 4.67. The maximum Gasteiger partial charge on any atom is 0.334 e. The molecule has 0 radical (unpaired) electrons. The van der Waals surface area contributed by atoms with Gasteiger partial charge in [0, 0.05) is 19.4 Å². The molecule has 2 atom stereocenters. The second kappa shape index (κ2) is 10.7. The molecule has 0 aromatic rings. The molecule has 6 nitrogen and oxygen atoms in total. The monoisotopic (exact) mass is 448 g/mol. The summed E-state index contributed by atoms with van der Waals surface area (Å²) in [5.41, 5.74) is 0. The van der Waals surface area contributed by atoms with Crippen molar-refractivity contribution in [3.05, 3.63) is 0 Å². The summed E-state index contributed by atoms with van der Waals surface area (Å²) in [6.07, 6.45) is 0.375. The lowest BCUT2D eigenvalue weighted by atomic mass is 10.2. The van der Waals surface area contributed by atoms with Crippen molar-refractivity contribution in [2.45, 2.75) is 110 Å². The van der Waals surface area contributed by atoms with Gasteiger partial charge < -0.3 is 18.7 Å². The van der Waals surface area contributed by atoms with Crippen LogP contribution in [0.2, 0.25) is 36.3 Å². The van der Waals surface area contributed by atoms with Gasteiger partial charge in [-0.3, -0.25) is 4.79 Å². The highest BCUT2D eigenvalue weighted by atomic mass is 28.4. The quantitative estimate of drug-likeness (QED) is 0.450. The minimum atomic E-state index is -1.90. The van der Waals surface area contributed by atoms with Crippen molar-refractivity contribution in [1.29, 1.82) is 0 Å². The number of carbonyl (C=O) groups is 2. The van der Waals surface area contributed by atoms with Gasteiger partial charge in [-0.05, 0) is 43.2 Å². The fourth-order valence-corrected chi connectivity index (χ4v) is 4.74. The molecule has 8 heteroatoms. The van der Waals surface area contributed by atoms with Gasteiger partial charge in [-0.15, -0.1) is 0 Å². The third-order valence-electron chi connectivity index (χ3n) is 6.22. The van der Waals surface area contributed by atoms with Crippen molar-refractivity contribution in [3.8, 4) is 0 Å². The van der Waals surface area contributed by atoms with E-state index in [0.717, 1.165) is 0 Å². The Balaban J connectivity index is 0.000000541. The van der Waals surface area contributed by atoms with Gasteiger partial charge in [-0.1, -0.05) is 41.5 Å². The van der Waals surface area contributed by atoms with E-state index in [9.17, 15) is 9.59 Å². The number of hydrogen-bond donors (Lipinski definition) is 1. The molecule has 29 heavy (non-hydrogen) atoms. The van der Waals surface area contributed by atoms with Gasteiger partial charge >= 0.3 is 5.97 Å². The number of ketones is 1. The minimum Gasteiger partial charge on any atom is -0.464 e. The molecule has 172 valence electrons. The lowest BCUT2D eigenvalue weighted by Crippen LogP contribution is -2.45. The second-order valence-corrected chi connectivity index (χ2v) is 20.3. The van der Waals surface area contributed by atoms with Gasteiger partial charge in [0.25, 0.3) is 0 Å². The molecule has 1 heterocycles. The molecule has 0 unspecified atom stereocenters. The summed E-state index contributed by atoms with van der Waals surface area (Å²) >= 11 is 0. The number of aliphatic hydroxyl groups is 1. The van der Waals surface area contributed by atoms with Crippen molar-refractivity contribution in [3.63, 3.8) is 0 Å². The summed E-state index contributed by atoms with van der Waals surface area (Å²) in [7, 11) is -3.71.